The highest BCUT2D eigenvalue weighted by atomic mass is 16.5. The summed E-state index contributed by atoms with van der Waals surface area (Å²) in [6.45, 7) is 2.99. The van der Waals surface area contributed by atoms with Gasteiger partial charge in [0.2, 0.25) is 11.8 Å². The van der Waals surface area contributed by atoms with Crippen LogP contribution in [0.5, 0.6) is 0 Å². The van der Waals surface area contributed by atoms with Crippen molar-refractivity contribution in [3.63, 3.8) is 0 Å². The first-order chi connectivity index (χ1) is 14.2. The Morgan fingerprint density at radius 3 is 2.86 bits per heavy atom. The summed E-state index contributed by atoms with van der Waals surface area (Å²) in [5, 5.41) is 24.4. The number of nitrogens with zero attached hydrogens (tertiary/aromatic N) is 6. The number of nitrogens with one attached hydrogen (secondary N) is 1. The molecule has 2 heterocycles. The quantitative estimate of drug-likeness (QED) is 0.647. The van der Waals surface area contributed by atoms with E-state index in [-0.39, 0.29) is 5.54 Å². The Hall–Kier alpha value is -2.65. The van der Waals surface area contributed by atoms with Crippen LogP contribution < -0.4 is 5.32 Å². The van der Waals surface area contributed by atoms with Gasteiger partial charge in [0, 0.05) is 20.6 Å². The first-order valence-electron chi connectivity index (χ1n) is 10.1. The highest BCUT2D eigenvalue weighted by molar-refractivity contribution is 5.43. The van der Waals surface area contributed by atoms with Gasteiger partial charge in [-0.2, -0.15) is 4.68 Å². The lowest BCUT2D eigenvalue weighted by Crippen LogP contribution is -2.54. The van der Waals surface area contributed by atoms with Crippen molar-refractivity contribution in [2.24, 2.45) is 5.92 Å². The van der Waals surface area contributed by atoms with Crippen molar-refractivity contribution in [2.45, 2.75) is 51.1 Å². The summed E-state index contributed by atoms with van der Waals surface area (Å²) in [5.41, 5.74) is 3.49. The first-order valence-corrected chi connectivity index (χ1v) is 10.1. The summed E-state index contributed by atoms with van der Waals surface area (Å²) in [5.74, 6) is 2.40. The predicted molar refractivity (Wildman–Crippen MR) is 103 cm³/mol. The van der Waals surface area contributed by atoms with Gasteiger partial charge in [-0.3, -0.25) is 5.32 Å². The summed E-state index contributed by atoms with van der Waals surface area (Å²) in [4.78, 5) is 0. The Kier molecular flexibility index (Phi) is 4.63. The standard InChI is InChI=1S/C20H25N7O2/c1-13-22-23-18(29-13)11-21-20(9-14(10-20)12-28-2)19-24-25-26-27(19)17-7-6-15-4-3-5-16(15)8-17/h6-8,14,21H,3-5,9-12H2,1-2H3. The van der Waals surface area contributed by atoms with Gasteiger partial charge >= 0.3 is 0 Å². The van der Waals surface area contributed by atoms with E-state index in [1.54, 1.807) is 14.0 Å². The number of aromatic nitrogens is 6. The number of rotatable bonds is 7. The van der Waals surface area contributed by atoms with Crippen molar-refractivity contribution in [1.29, 1.82) is 0 Å². The third-order valence-electron chi connectivity index (χ3n) is 6.05. The third kappa shape index (κ3) is 3.34. The Balaban J connectivity index is 1.45. The number of fused-ring (bicyclic) bond motifs is 1. The molecular formula is C20H25N7O2. The predicted octanol–water partition coefficient (Wildman–Crippen LogP) is 1.88. The smallest absolute Gasteiger partial charge is 0.230 e. The summed E-state index contributed by atoms with van der Waals surface area (Å²) in [7, 11) is 1.74. The lowest BCUT2D eigenvalue weighted by molar-refractivity contribution is 0.0236. The van der Waals surface area contributed by atoms with Gasteiger partial charge in [0.1, 0.15) is 0 Å². The molecule has 1 fully saturated rings. The second-order valence-electron chi connectivity index (χ2n) is 8.10. The monoisotopic (exact) mass is 395 g/mol. The number of benzene rings is 1. The molecule has 0 bridgehead atoms. The molecule has 1 aromatic carbocycles. The lowest BCUT2D eigenvalue weighted by Gasteiger charge is -2.46. The van der Waals surface area contributed by atoms with Gasteiger partial charge in [0.25, 0.3) is 0 Å². The number of tetrazole rings is 1. The van der Waals surface area contributed by atoms with Gasteiger partial charge in [-0.25, -0.2) is 0 Å². The molecule has 29 heavy (non-hydrogen) atoms. The van der Waals surface area contributed by atoms with E-state index in [9.17, 15) is 0 Å². The largest absolute Gasteiger partial charge is 0.424 e. The van der Waals surface area contributed by atoms with Gasteiger partial charge in [0.05, 0.1) is 17.8 Å². The minimum absolute atomic E-state index is 0.353. The van der Waals surface area contributed by atoms with Crippen LogP contribution >= 0.6 is 0 Å². The molecule has 152 valence electrons. The first kappa shape index (κ1) is 18.4. The van der Waals surface area contributed by atoms with Crippen LogP contribution in [0.3, 0.4) is 0 Å². The van der Waals surface area contributed by atoms with E-state index in [0.717, 1.165) is 43.8 Å². The zero-order valence-corrected chi connectivity index (χ0v) is 16.8. The molecule has 1 N–H and O–H groups in total. The minimum atomic E-state index is -0.353. The van der Waals surface area contributed by atoms with Crippen molar-refractivity contribution >= 4 is 0 Å². The maximum atomic E-state index is 5.54. The van der Waals surface area contributed by atoms with Gasteiger partial charge in [-0.05, 0) is 71.7 Å². The topological polar surface area (TPSA) is 104 Å². The number of ether oxygens (including phenoxy) is 1. The van der Waals surface area contributed by atoms with Crippen LogP contribution in [-0.4, -0.2) is 44.1 Å². The van der Waals surface area contributed by atoms with Crippen LogP contribution in [0.1, 0.15) is 48.0 Å². The number of hydrogen-bond donors (Lipinski definition) is 1. The van der Waals surface area contributed by atoms with Gasteiger partial charge in [-0.1, -0.05) is 6.07 Å². The molecule has 0 aliphatic heterocycles. The van der Waals surface area contributed by atoms with Crippen LogP contribution in [0.25, 0.3) is 5.69 Å². The summed E-state index contributed by atoms with van der Waals surface area (Å²) in [6, 6.07) is 6.55. The van der Waals surface area contributed by atoms with E-state index < -0.39 is 0 Å². The zero-order valence-electron chi connectivity index (χ0n) is 16.8. The van der Waals surface area contributed by atoms with Crippen LogP contribution in [0.4, 0.5) is 0 Å². The molecule has 3 aromatic rings. The molecule has 0 spiro atoms. The normalized spacial score (nSPS) is 23.2. The fourth-order valence-electron chi connectivity index (χ4n) is 4.69. The molecule has 1 saturated carbocycles. The van der Waals surface area contributed by atoms with Gasteiger partial charge < -0.3 is 9.15 Å². The zero-order chi connectivity index (χ0) is 19.8. The fraction of sp³-hybridized carbons (Fsp3) is 0.550. The van der Waals surface area contributed by atoms with Gasteiger partial charge in [-0.15, -0.1) is 15.3 Å². The van der Waals surface area contributed by atoms with Crippen LogP contribution in [-0.2, 0) is 29.7 Å². The molecule has 0 atom stereocenters. The molecule has 9 nitrogen and oxygen atoms in total. The van der Waals surface area contributed by atoms with Crippen LogP contribution in [0.15, 0.2) is 22.6 Å². The van der Waals surface area contributed by atoms with E-state index in [0.29, 0.717) is 24.2 Å². The molecule has 0 saturated heterocycles. The second kappa shape index (κ2) is 7.31. The van der Waals surface area contributed by atoms with Crippen molar-refractivity contribution in [3.8, 4) is 5.69 Å². The Morgan fingerprint density at radius 1 is 1.21 bits per heavy atom. The lowest BCUT2D eigenvalue weighted by atomic mass is 9.67. The maximum absolute atomic E-state index is 5.54. The van der Waals surface area contributed by atoms with Crippen LogP contribution in [0, 0.1) is 12.8 Å². The third-order valence-corrected chi connectivity index (χ3v) is 6.05. The molecule has 2 aliphatic carbocycles. The molecule has 2 aromatic heterocycles. The van der Waals surface area contributed by atoms with Gasteiger partial charge in [0.15, 0.2) is 5.82 Å². The van der Waals surface area contributed by atoms with Crippen molar-refractivity contribution in [1.82, 2.24) is 35.7 Å². The fourth-order valence-corrected chi connectivity index (χ4v) is 4.69. The van der Waals surface area contributed by atoms with E-state index in [2.05, 4.69) is 49.2 Å². The van der Waals surface area contributed by atoms with Crippen molar-refractivity contribution in [3.05, 3.63) is 46.9 Å². The van der Waals surface area contributed by atoms with E-state index in [4.69, 9.17) is 9.15 Å². The average molecular weight is 395 g/mol. The molecule has 0 unspecified atom stereocenters. The average Bonchev–Trinajstić information content (AvgIpc) is 3.43. The molecular weight excluding hydrogens is 370 g/mol. The summed E-state index contributed by atoms with van der Waals surface area (Å²) >= 11 is 0. The van der Waals surface area contributed by atoms with E-state index in [1.165, 1.54) is 17.5 Å². The highest BCUT2D eigenvalue weighted by Gasteiger charge is 2.49. The number of aryl methyl sites for hydroxylation is 3. The molecule has 2 aliphatic rings. The van der Waals surface area contributed by atoms with Crippen LogP contribution in [0.2, 0.25) is 0 Å². The highest BCUT2D eigenvalue weighted by Crippen LogP contribution is 2.45. The van der Waals surface area contributed by atoms with E-state index in [1.807, 2.05) is 4.68 Å². The summed E-state index contributed by atoms with van der Waals surface area (Å²) in [6.07, 6.45) is 5.27. The minimum Gasteiger partial charge on any atom is -0.424 e. The Labute approximate surface area is 168 Å². The maximum Gasteiger partial charge on any atom is 0.230 e. The second-order valence-corrected chi connectivity index (χ2v) is 8.10. The van der Waals surface area contributed by atoms with Crippen molar-refractivity contribution < 1.29 is 9.15 Å². The SMILES string of the molecule is COCC1CC(NCc2nnc(C)o2)(c2nnnn2-c2ccc3c(c2)CCC3)C1. The molecule has 9 heteroatoms. The Morgan fingerprint density at radius 2 is 2.07 bits per heavy atom. The number of hydrogen-bond acceptors (Lipinski definition) is 8. The Bertz CT molecular complexity index is 1010. The molecule has 0 radical (unpaired) electrons. The van der Waals surface area contributed by atoms with Crippen molar-refractivity contribution in [2.75, 3.05) is 13.7 Å². The van der Waals surface area contributed by atoms with E-state index >= 15 is 0 Å². The molecule has 5 rings (SSSR count). The number of methoxy groups -OCH3 is 1. The molecule has 0 amide bonds. The summed E-state index contributed by atoms with van der Waals surface area (Å²) < 4.78 is 12.8.